The van der Waals surface area contributed by atoms with Crippen LogP contribution in [0.4, 0.5) is 5.69 Å². The van der Waals surface area contributed by atoms with Crippen molar-refractivity contribution in [2.45, 2.75) is 4.90 Å². The summed E-state index contributed by atoms with van der Waals surface area (Å²) in [7, 11) is 3.31. The van der Waals surface area contributed by atoms with Gasteiger partial charge in [0.15, 0.2) is 6.61 Å². The monoisotopic (exact) mass is 344 g/mol. The van der Waals surface area contributed by atoms with E-state index in [-0.39, 0.29) is 18.4 Å². The highest BCUT2D eigenvalue weighted by molar-refractivity contribution is 7.98. The number of thioether (sulfide) groups is 1. The molecule has 1 N–H and O–H groups in total. The molecule has 0 bridgehead atoms. The third-order valence-corrected chi connectivity index (χ3v) is 4.03. The molecule has 0 aromatic heterocycles. The number of carbonyl (C=O) groups excluding carboxylic acids is 2. The van der Waals surface area contributed by atoms with Crippen LogP contribution in [0.5, 0.6) is 5.75 Å². The minimum atomic E-state index is -0.277. The van der Waals surface area contributed by atoms with E-state index in [1.807, 2.05) is 30.5 Å². The minimum absolute atomic E-state index is 0.112. The molecule has 2 aromatic carbocycles. The number of hydrogen-bond donors (Lipinski definition) is 1. The zero-order valence-corrected chi connectivity index (χ0v) is 14.7. The number of ether oxygens (including phenoxy) is 1. The Kier molecular flexibility index (Phi) is 6.26. The molecule has 0 atom stereocenters. The summed E-state index contributed by atoms with van der Waals surface area (Å²) in [6.45, 7) is -0.112. The number of para-hydroxylation sites is 1. The molecule has 2 rings (SSSR count). The van der Waals surface area contributed by atoms with Gasteiger partial charge in [0.25, 0.3) is 11.8 Å². The summed E-state index contributed by atoms with van der Waals surface area (Å²) in [6, 6.07) is 14.5. The second-order valence-corrected chi connectivity index (χ2v) is 6.14. The Bertz CT molecular complexity index is 732. The fourth-order valence-electron chi connectivity index (χ4n) is 1.95. The number of amides is 2. The highest BCUT2D eigenvalue weighted by atomic mass is 32.2. The predicted molar refractivity (Wildman–Crippen MR) is 96.8 cm³/mol. The number of benzene rings is 2. The van der Waals surface area contributed by atoms with Gasteiger partial charge in [0.1, 0.15) is 5.75 Å². The van der Waals surface area contributed by atoms with E-state index in [2.05, 4.69) is 5.32 Å². The fraction of sp³-hybridized carbons (Fsp3) is 0.222. The summed E-state index contributed by atoms with van der Waals surface area (Å²) in [5.41, 5.74) is 1.10. The van der Waals surface area contributed by atoms with E-state index in [0.717, 1.165) is 4.90 Å². The zero-order chi connectivity index (χ0) is 17.5. The van der Waals surface area contributed by atoms with Crippen molar-refractivity contribution in [3.8, 4) is 5.75 Å². The molecule has 0 unspecified atom stereocenters. The van der Waals surface area contributed by atoms with Crippen molar-refractivity contribution in [1.82, 2.24) is 4.90 Å². The molecule has 24 heavy (non-hydrogen) atoms. The van der Waals surface area contributed by atoms with Crippen LogP contribution in [0, 0.1) is 0 Å². The van der Waals surface area contributed by atoms with Crippen LogP contribution >= 0.6 is 11.8 Å². The maximum absolute atomic E-state index is 12.5. The van der Waals surface area contributed by atoms with Crippen molar-refractivity contribution < 1.29 is 14.3 Å². The van der Waals surface area contributed by atoms with Crippen molar-refractivity contribution in [2.24, 2.45) is 0 Å². The van der Waals surface area contributed by atoms with Crippen LogP contribution in [-0.2, 0) is 4.79 Å². The van der Waals surface area contributed by atoms with Crippen LogP contribution in [0.25, 0.3) is 0 Å². The number of likely N-dealkylation sites (N-methyl/N-ethyl adjacent to an activating group) is 1. The van der Waals surface area contributed by atoms with Crippen LogP contribution in [0.3, 0.4) is 0 Å². The predicted octanol–water partition coefficient (Wildman–Crippen LogP) is 3.13. The number of nitrogens with one attached hydrogen (secondary N) is 1. The van der Waals surface area contributed by atoms with Crippen LogP contribution in [0.2, 0.25) is 0 Å². The zero-order valence-electron chi connectivity index (χ0n) is 13.9. The molecule has 0 saturated heterocycles. The van der Waals surface area contributed by atoms with Gasteiger partial charge in [0.2, 0.25) is 0 Å². The van der Waals surface area contributed by atoms with Gasteiger partial charge < -0.3 is 15.0 Å². The standard InChI is InChI=1S/C18H20N2O3S/c1-20(2)17(21)12-23-16-10-5-4-9-15(16)18(22)19-13-7-6-8-14(11-13)24-3/h4-11H,12H2,1-3H3,(H,19,22). The summed E-state index contributed by atoms with van der Waals surface area (Å²) >= 11 is 1.60. The first-order valence-electron chi connectivity index (χ1n) is 7.38. The van der Waals surface area contributed by atoms with Crippen LogP contribution in [-0.4, -0.2) is 43.7 Å². The van der Waals surface area contributed by atoms with E-state index >= 15 is 0 Å². The Morgan fingerprint density at radius 3 is 2.58 bits per heavy atom. The van der Waals surface area contributed by atoms with E-state index in [1.165, 1.54) is 4.90 Å². The lowest BCUT2D eigenvalue weighted by molar-refractivity contribution is -0.130. The lowest BCUT2D eigenvalue weighted by atomic mass is 10.2. The Labute approximate surface area is 146 Å². The van der Waals surface area contributed by atoms with Gasteiger partial charge in [-0.2, -0.15) is 0 Å². The number of hydrogen-bond acceptors (Lipinski definition) is 4. The van der Waals surface area contributed by atoms with Gasteiger partial charge in [-0.15, -0.1) is 11.8 Å². The average Bonchev–Trinajstić information content (AvgIpc) is 2.59. The molecule has 2 aromatic rings. The van der Waals surface area contributed by atoms with Gasteiger partial charge in [0.05, 0.1) is 5.56 Å². The molecule has 0 aliphatic carbocycles. The molecule has 2 amide bonds. The number of carbonyl (C=O) groups is 2. The quantitative estimate of drug-likeness (QED) is 0.818. The van der Waals surface area contributed by atoms with E-state index < -0.39 is 0 Å². The van der Waals surface area contributed by atoms with Gasteiger partial charge in [-0.1, -0.05) is 18.2 Å². The molecule has 0 aliphatic heterocycles. The van der Waals surface area contributed by atoms with Crippen molar-refractivity contribution >= 4 is 29.3 Å². The third kappa shape index (κ3) is 4.76. The van der Waals surface area contributed by atoms with Gasteiger partial charge in [-0.05, 0) is 36.6 Å². The SMILES string of the molecule is CSc1cccc(NC(=O)c2ccccc2OCC(=O)N(C)C)c1. The van der Waals surface area contributed by atoms with E-state index in [9.17, 15) is 9.59 Å². The molecule has 0 aliphatic rings. The Balaban J connectivity index is 2.12. The Hall–Kier alpha value is -2.47. The summed E-state index contributed by atoms with van der Waals surface area (Å²) < 4.78 is 5.51. The summed E-state index contributed by atoms with van der Waals surface area (Å²) in [5, 5.41) is 2.86. The maximum atomic E-state index is 12.5. The molecular formula is C18H20N2O3S. The van der Waals surface area contributed by atoms with E-state index in [4.69, 9.17) is 4.74 Å². The van der Waals surface area contributed by atoms with Gasteiger partial charge in [-0.25, -0.2) is 0 Å². The lowest BCUT2D eigenvalue weighted by Gasteiger charge is -2.14. The van der Waals surface area contributed by atoms with Crippen molar-refractivity contribution in [2.75, 3.05) is 32.3 Å². The first kappa shape index (κ1) is 17.9. The fourth-order valence-corrected chi connectivity index (χ4v) is 2.41. The second-order valence-electron chi connectivity index (χ2n) is 5.26. The third-order valence-electron chi connectivity index (χ3n) is 3.31. The second kappa shape index (κ2) is 8.40. The highest BCUT2D eigenvalue weighted by Crippen LogP contribution is 2.22. The molecular weight excluding hydrogens is 324 g/mol. The highest BCUT2D eigenvalue weighted by Gasteiger charge is 2.14. The van der Waals surface area contributed by atoms with Crippen molar-refractivity contribution in [1.29, 1.82) is 0 Å². The molecule has 0 spiro atoms. The van der Waals surface area contributed by atoms with E-state index in [0.29, 0.717) is 17.0 Å². The molecule has 0 saturated carbocycles. The topological polar surface area (TPSA) is 58.6 Å². The van der Waals surface area contributed by atoms with Crippen molar-refractivity contribution in [3.63, 3.8) is 0 Å². The number of rotatable bonds is 6. The first-order chi connectivity index (χ1) is 11.5. The largest absolute Gasteiger partial charge is 0.483 e. The Morgan fingerprint density at radius 2 is 1.88 bits per heavy atom. The lowest BCUT2D eigenvalue weighted by Crippen LogP contribution is -2.28. The Morgan fingerprint density at radius 1 is 1.12 bits per heavy atom. The molecule has 0 fully saturated rings. The number of nitrogens with zero attached hydrogens (tertiary/aromatic N) is 1. The van der Waals surface area contributed by atoms with E-state index in [1.54, 1.807) is 50.1 Å². The number of anilines is 1. The molecule has 5 nitrogen and oxygen atoms in total. The smallest absolute Gasteiger partial charge is 0.259 e. The summed E-state index contributed by atoms with van der Waals surface area (Å²) in [4.78, 5) is 26.7. The van der Waals surface area contributed by atoms with Crippen LogP contribution in [0.1, 0.15) is 10.4 Å². The molecule has 6 heteroatoms. The summed E-state index contributed by atoms with van der Waals surface area (Å²) in [5.74, 6) is -0.0646. The van der Waals surface area contributed by atoms with Gasteiger partial charge in [-0.3, -0.25) is 9.59 Å². The van der Waals surface area contributed by atoms with Crippen LogP contribution < -0.4 is 10.1 Å². The first-order valence-corrected chi connectivity index (χ1v) is 8.61. The molecule has 126 valence electrons. The van der Waals surface area contributed by atoms with Gasteiger partial charge >= 0.3 is 0 Å². The normalized spacial score (nSPS) is 10.1. The molecule has 0 heterocycles. The van der Waals surface area contributed by atoms with Gasteiger partial charge in [0, 0.05) is 24.7 Å². The average molecular weight is 344 g/mol. The van der Waals surface area contributed by atoms with Crippen LogP contribution in [0.15, 0.2) is 53.4 Å². The van der Waals surface area contributed by atoms with Crippen molar-refractivity contribution in [3.05, 3.63) is 54.1 Å². The summed E-state index contributed by atoms with van der Waals surface area (Å²) in [6.07, 6.45) is 1.98. The maximum Gasteiger partial charge on any atom is 0.259 e. The minimum Gasteiger partial charge on any atom is -0.483 e. The molecule has 0 radical (unpaired) electrons.